The molecule has 1 aromatic rings. The Hall–Kier alpha value is -0.750. The van der Waals surface area contributed by atoms with Crippen LogP contribution >= 0.6 is 35.6 Å². The number of hydrogen-bond donors (Lipinski definition) is 2. The van der Waals surface area contributed by atoms with Crippen LogP contribution in [0.5, 0.6) is 0 Å². The van der Waals surface area contributed by atoms with Gasteiger partial charge in [-0.05, 0) is 31.4 Å². The van der Waals surface area contributed by atoms with Gasteiger partial charge in [0.25, 0.3) is 0 Å². The fourth-order valence-electron chi connectivity index (χ4n) is 1.67. The van der Waals surface area contributed by atoms with Crippen molar-refractivity contribution in [3.8, 4) is 0 Å². The zero-order chi connectivity index (χ0) is 13.9. The quantitative estimate of drug-likeness (QED) is 0.238. The average molecular weight is 408 g/mol. The summed E-state index contributed by atoms with van der Waals surface area (Å²) in [5.41, 5.74) is 1.18. The lowest BCUT2D eigenvalue weighted by atomic mass is 10.1. The molecule has 0 aromatic heterocycles. The number of aryl methyl sites for hydroxylation is 1. The van der Waals surface area contributed by atoms with Gasteiger partial charge in [0.1, 0.15) is 0 Å². The third-order valence-corrected chi connectivity index (χ3v) is 2.96. The Morgan fingerprint density at radius 1 is 1.35 bits per heavy atom. The van der Waals surface area contributed by atoms with E-state index in [1.54, 1.807) is 0 Å². The summed E-state index contributed by atoms with van der Waals surface area (Å²) in [6.45, 7) is 8.08. The number of rotatable bonds is 7. The van der Waals surface area contributed by atoms with Crippen LogP contribution in [0.2, 0.25) is 5.02 Å². The Bertz CT molecular complexity index is 421. The minimum atomic E-state index is 0. The Labute approximate surface area is 143 Å². The molecule has 0 spiro atoms. The molecular weight excluding hydrogens is 385 g/mol. The predicted molar refractivity (Wildman–Crippen MR) is 99.4 cm³/mol. The summed E-state index contributed by atoms with van der Waals surface area (Å²) >= 11 is 6.11. The van der Waals surface area contributed by atoms with Crippen molar-refractivity contribution in [1.82, 2.24) is 10.6 Å². The van der Waals surface area contributed by atoms with Crippen LogP contribution in [-0.4, -0.2) is 25.6 Å². The largest absolute Gasteiger partial charge is 0.357 e. The number of nitrogens with zero attached hydrogens (tertiary/aromatic N) is 1. The van der Waals surface area contributed by atoms with Gasteiger partial charge in [0.15, 0.2) is 5.96 Å². The van der Waals surface area contributed by atoms with Gasteiger partial charge in [0, 0.05) is 24.7 Å². The Morgan fingerprint density at radius 3 is 2.75 bits per heavy atom. The molecule has 0 bridgehead atoms. The molecule has 0 atom stereocenters. The summed E-state index contributed by atoms with van der Waals surface area (Å²) in [6.07, 6.45) is 3.75. The van der Waals surface area contributed by atoms with E-state index in [4.69, 9.17) is 11.6 Å². The highest BCUT2D eigenvalue weighted by Gasteiger charge is 1.99. The van der Waals surface area contributed by atoms with Crippen LogP contribution in [0.1, 0.15) is 18.9 Å². The Morgan fingerprint density at radius 2 is 2.10 bits per heavy atom. The monoisotopic (exact) mass is 407 g/mol. The third-order valence-electron chi connectivity index (χ3n) is 2.59. The van der Waals surface area contributed by atoms with Crippen molar-refractivity contribution in [2.75, 3.05) is 19.6 Å². The second kappa shape index (κ2) is 12.0. The lowest BCUT2D eigenvalue weighted by molar-refractivity contribution is 0.802. The Kier molecular flexibility index (Phi) is 11.6. The molecule has 0 radical (unpaired) electrons. The second-order valence-corrected chi connectivity index (χ2v) is 4.53. The van der Waals surface area contributed by atoms with E-state index in [0.717, 1.165) is 43.5 Å². The summed E-state index contributed by atoms with van der Waals surface area (Å²) < 4.78 is 0. The van der Waals surface area contributed by atoms with Crippen molar-refractivity contribution in [2.45, 2.75) is 19.8 Å². The molecule has 1 rings (SSSR count). The van der Waals surface area contributed by atoms with Gasteiger partial charge in [-0.1, -0.05) is 35.9 Å². The van der Waals surface area contributed by atoms with Gasteiger partial charge in [0.05, 0.1) is 0 Å². The van der Waals surface area contributed by atoms with E-state index in [0.29, 0.717) is 0 Å². The molecule has 0 heterocycles. The summed E-state index contributed by atoms with van der Waals surface area (Å²) in [4.78, 5) is 4.50. The first-order chi connectivity index (χ1) is 9.27. The standard InChI is InChI=1S/C15H22ClN3.HI/c1-3-11-18-15(17-4-2)19-12-7-9-13-8-5-6-10-14(13)16;/h3,5-6,8,10H,1,4,7,9,11-12H2,2H3,(H2,17,18,19);1H. The maximum Gasteiger partial charge on any atom is 0.191 e. The van der Waals surface area contributed by atoms with Gasteiger partial charge in [-0.2, -0.15) is 0 Å². The fourth-order valence-corrected chi connectivity index (χ4v) is 1.90. The summed E-state index contributed by atoms with van der Waals surface area (Å²) in [7, 11) is 0. The van der Waals surface area contributed by atoms with Gasteiger partial charge >= 0.3 is 0 Å². The minimum absolute atomic E-state index is 0. The van der Waals surface area contributed by atoms with Crippen LogP contribution in [0, 0.1) is 0 Å². The van der Waals surface area contributed by atoms with E-state index in [1.807, 2.05) is 24.3 Å². The van der Waals surface area contributed by atoms with E-state index in [1.165, 1.54) is 5.56 Å². The van der Waals surface area contributed by atoms with E-state index in [9.17, 15) is 0 Å². The SMILES string of the molecule is C=CCNC(=NCCCc1ccccc1Cl)NCC.I. The summed E-state index contributed by atoms with van der Waals surface area (Å²) in [5.74, 6) is 0.835. The molecule has 1 aromatic carbocycles. The van der Waals surface area contributed by atoms with E-state index in [-0.39, 0.29) is 24.0 Å². The zero-order valence-electron chi connectivity index (χ0n) is 11.9. The van der Waals surface area contributed by atoms with E-state index in [2.05, 4.69) is 35.2 Å². The van der Waals surface area contributed by atoms with Crippen molar-refractivity contribution in [3.63, 3.8) is 0 Å². The molecular formula is C15H23ClIN3. The first-order valence-electron chi connectivity index (χ1n) is 6.64. The van der Waals surface area contributed by atoms with Gasteiger partial charge in [-0.3, -0.25) is 4.99 Å². The molecule has 0 aliphatic heterocycles. The van der Waals surface area contributed by atoms with Gasteiger partial charge < -0.3 is 10.6 Å². The average Bonchev–Trinajstić information content (AvgIpc) is 2.42. The van der Waals surface area contributed by atoms with Crippen LogP contribution < -0.4 is 10.6 Å². The fraction of sp³-hybridized carbons (Fsp3) is 0.400. The van der Waals surface area contributed by atoms with Gasteiger partial charge in [-0.25, -0.2) is 0 Å². The number of guanidine groups is 1. The number of aliphatic imine (C=N–C) groups is 1. The highest BCUT2D eigenvalue weighted by Crippen LogP contribution is 2.16. The first kappa shape index (κ1) is 19.2. The second-order valence-electron chi connectivity index (χ2n) is 4.13. The highest BCUT2D eigenvalue weighted by molar-refractivity contribution is 14.0. The molecule has 5 heteroatoms. The van der Waals surface area contributed by atoms with Crippen molar-refractivity contribution in [2.24, 2.45) is 4.99 Å². The van der Waals surface area contributed by atoms with Crippen molar-refractivity contribution >= 4 is 41.5 Å². The van der Waals surface area contributed by atoms with Crippen LogP contribution in [0.25, 0.3) is 0 Å². The molecule has 2 N–H and O–H groups in total. The molecule has 0 amide bonds. The van der Waals surface area contributed by atoms with Crippen molar-refractivity contribution in [3.05, 3.63) is 47.5 Å². The number of halogens is 2. The van der Waals surface area contributed by atoms with Crippen molar-refractivity contribution < 1.29 is 0 Å². The third kappa shape index (κ3) is 7.75. The summed E-state index contributed by atoms with van der Waals surface area (Å²) in [5, 5.41) is 7.20. The topological polar surface area (TPSA) is 36.4 Å². The van der Waals surface area contributed by atoms with Crippen LogP contribution in [0.4, 0.5) is 0 Å². The normalized spacial score (nSPS) is 10.6. The molecule has 3 nitrogen and oxygen atoms in total. The molecule has 112 valence electrons. The molecule has 0 saturated carbocycles. The molecule has 0 unspecified atom stereocenters. The van der Waals surface area contributed by atoms with Crippen LogP contribution in [-0.2, 0) is 6.42 Å². The minimum Gasteiger partial charge on any atom is -0.357 e. The zero-order valence-corrected chi connectivity index (χ0v) is 14.9. The van der Waals surface area contributed by atoms with Crippen LogP contribution in [0.15, 0.2) is 41.9 Å². The number of nitrogens with one attached hydrogen (secondary N) is 2. The van der Waals surface area contributed by atoms with E-state index < -0.39 is 0 Å². The first-order valence-corrected chi connectivity index (χ1v) is 7.02. The maximum absolute atomic E-state index is 6.11. The lowest BCUT2D eigenvalue weighted by Gasteiger charge is -2.09. The van der Waals surface area contributed by atoms with E-state index >= 15 is 0 Å². The summed E-state index contributed by atoms with van der Waals surface area (Å²) in [6, 6.07) is 7.95. The number of benzene rings is 1. The molecule has 0 saturated heterocycles. The maximum atomic E-state index is 6.11. The molecule has 0 aliphatic carbocycles. The smallest absolute Gasteiger partial charge is 0.191 e. The predicted octanol–water partition coefficient (Wildman–Crippen LogP) is 3.63. The van der Waals surface area contributed by atoms with Crippen molar-refractivity contribution in [1.29, 1.82) is 0 Å². The van der Waals surface area contributed by atoms with Gasteiger partial charge in [0.2, 0.25) is 0 Å². The molecule has 0 aliphatic rings. The molecule has 20 heavy (non-hydrogen) atoms. The number of hydrogen-bond acceptors (Lipinski definition) is 1. The van der Waals surface area contributed by atoms with Crippen LogP contribution in [0.3, 0.4) is 0 Å². The highest BCUT2D eigenvalue weighted by atomic mass is 127. The molecule has 0 fully saturated rings. The van der Waals surface area contributed by atoms with Gasteiger partial charge in [-0.15, -0.1) is 30.6 Å². The Balaban J connectivity index is 0.00000361. The lowest BCUT2D eigenvalue weighted by Crippen LogP contribution is -2.37.